The van der Waals surface area contributed by atoms with Crippen molar-refractivity contribution in [1.29, 1.82) is 5.26 Å². The predicted octanol–water partition coefficient (Wildman–Crippen LogP) is 3.94. The Morgan fingerprint density at radius 3 is 2.54 bits per heavy atom. The van der Waals surface area contributed by atoms with E-state index >= 15 is 0 Å². The van der Waals surface area contributed by atoms with Crippen molar-refractivity contribution in [2.24, 2.45) is 0 Å². The van der Waals surface area contributed by atoms with Gasteiger partial charge in [0.15, 0.2) is 0 Å². The normalized spacial score (nSPS) is 11.4. The number of benzene rings is 2. The van der Waals surface area contributed by atoms with Gasteiger partial charge in [0.2, 0.25) is 0 Å². The van der Waals surface area contributed by atoms with Crippen molar-refractivity contribution in [3.8, 4) is 6.07 Å². The van der Waals surface area contributed by atoms with Crippen LogP contribution in [0.15, 0.2) is 59.5 Å². The fourth-order valence-corrected chi connectivity index (χ4v) is 2.54. The van der Waals surface area contributed by atoms with Crippen molar-refractivity contribution in [1.82, 2.24) is 4.57 Å². The molecule has 0 aliphatic rings. The first-order valence-electron chi connectivity index (χ1n) is 7.08. The third kappa shape index (κ3) is 2.88. The van der Waals surface area contributed by atoms with Crippen LogP contribution in [-0.4, -0.2) is 4.57 Å². The van der Waals surface area contributed by atoms with Gasteiger partial charge in [-0.1, -0.05) is 18.2 Å². The van der Waals surface area contributed by atoms with Gasteiger partial charge in [0.05, 0.1) is 23.7 Å². The maximum absolute atomic E-state index is 12.8. The Kier molecular flexibility index (Phi) is 3.86. The van der Waals surface area contributed by atoms with E-state index in [-0.39, 0.29) is 17.3 Å². The highest BCUT2D eigenvalue weighted by Gasteiger charge is 2.30. The highest BCUT2D eigenvalue weighted by atomic mass is 19.4. The van der Waals surface area contributed by atoms with Crippen LogP contribution in [-0.2, 0) is 12.7 Å². The molecule has 0 aliphatic carbocycles. The molecule has 6 heteroatoms. The van der Waals surface area contributed by atoms with Crippen molar-refractivity contribution in [3.63, 3.8) is 0 Å². The van der Waals surface area contributed by atoms with Crippen molar-refractivity contribution < 1.29 is 13.2 Å². The summed E-state index contributed by atoms with van der Waals surface area (Å²) >= 11 is 0. The quantitative estimate of drug-likeness (QED) is 0.715. The summed E-state index contributed by atoms with van der Waals surface area (Å²) in [6.07, 6.45) is -3.01. The number of rotatable bonds is 2. The lowest BCUT2D eigenvalue weighted by Gasteiger charge is -2.11. The van der Waals surface area contributed by atoms with E-state index in [1.54, 1.807) is 24.3 Å². The lowest BCUT2D eigenvalue weighted by molar-refractivity contribution is -0.137. The number of nitriles is 1. The summed E-state index contributed by atoms with van der Waals surface area (Å²) in [6, 6.07) is 13.5. The number of hydrogen-bond donors (Lipinski definition) is 0. The van der Waals surface area contributed by atoms with E-state index in [4.69, 9.17) is 5.26 Å². The molecule has 0 saturated heterocycles. The number of alkyl halides is 3. The summed E-state index contributed by atoms with van der Waals surface area (Å²) in [5, 5.41) is 9.54. The predicted molar refractivity (Wildman–Crippen MR) is 83.5 cm³/mol. The van der Waals surface area contributed by atoms with Crippen LogP contribution in [0.2, 0.25) is 0 Å². The topological polar surface area (TPSA) is 45.8 Å². The number of hydrogen-bond acceptors (Lipinski definition) is 2. The molecular weight excluding hydrogens is 317 g/mol. The van der Waals surface area contributed by atoms with E-state index in [1.807, 2.05) is 0 Å². The average molecular weight is 328 g/mol. The van der Waals surface area contributed by atoms with Gasteiger partial charge in [0, 0.05) is 11.6 Å². The fraction of sp³-hybridized carbons (Fsp3) is 0.111. The van der Waals surface area contributed by atoms with Gasteiger partial charge in [0.1, 0.15) is 0 Å². The second-order valence-electron chi connectivity index (χ2n) is 5.32. The first-order valence-corrected chi connectivity index (χ1v) is 7.08. The molecule has 0 fully saturated rings. The van der Waals surface area contributed by atoms with Crippen molar-refractivity contribution in [3.05, 3.63) is 81.8 Å². The first kappa shape index (κ1) is 15.8. The zero-order valence-corrected chi connectivity index (χ0v) is 12.3. The van der Waals surface area contributed by atoms with Crippen LogP contribution >= 0.6 is 0 Å². The Morgan fingerprint density at radius 1 is 1.08 bits per heavy atom. The Balaban J connectivity index is 2.07. The Labute approximate surface area is 135 Å². The van der Waals surface area contributed by atoms with Crippen LogP contribution in [0.25, 0.3) is 10.8 Å². The van der Waals surface area contributed by atoms with Gasteiger partial charge in [-0.05, 0) is 41.3 Å². The van der Waals surface area contributed by atoms with Crippen LogP contribution in [0.5, 0.6) is 0 Å². The molecule has 3 rings (SSSR count). The van der Waals surface area contributed by atoms with Gasteiger partial charge in [-0.15, -0.1) is 0 Å². The van der Waals surface area contributed by atoms with E-state index in [0.717, 1.165) is 12.1 Å². The zero-order valence-electron chi connectivity index (χ0n) is 12.3. The van der Waals surface area contributed by atoms with Crippen LogP contribution < -0.4 is 5.56 Å². The van der Waals surface area contributed by atoms with Gasteiger partial charge in [-0.3, -0.25) is 4.79 Å². The molecule has 0 spiro atoms. The standard InChI is InChI=1S/C18H11F3N2O/c19-18(20,21)15-5-6-16-12(9-15)7-8-23(17(16)24)11-14-4-2-1-3-13(14)10-22/h1-9H,11H2. The second kappa shape index (κ2) is 5.85. The molecular formula is C18H11F3N2O. The third-order valence-corrected chi connectivity index (χ3v) is 3.78. The van der Waals surface area contributed by atoms with E-state index in [9.17, 15) is 18.0 Å². The van der Waals surface area contributed by atoms with Crippen molar-refractivity contribution in [2.75, 3.05) is 0 Å². The summed E-state index contributed by atoms with van der Waals surface area (Å²) in [6.45, 7) is 0.180. The molecule has 0 amide bonds. The maximum atomic E-state index is 12.8. The van der Waals surface area contributed by atoms with Crippen LogP contribution in [0.1, 0.15) is 16.7 Å². The van der Waals surface area contributed by atoms with Crippen molar-refractivity contribution in [2.45, 2.75) is 12.7 Å². The summed E-state index contributed by atoms with van der Waals surface area (Å²) in [5.41, 5.74) is -0.0544. The maximum Gasteiger partial charge on any atom is 0.416 e. The average Bonchev–Trinajstić information content (AvgIpc) is 2.56. The Hall–Kier alpha value is -3.07. The van der Waals surface area contributed by atoms with Crippen LogP contribution in [0.4, 0.5) is 13.2 Å². The summed E-state index contributed by atoms with van der Waals surface area (Å²) in [4.78, 5) is 12.5. The molecule has 24 heavy (non-hydrogen) atoms. The minimum absolute atomic E-state index is 0.180. The summed E-state index contributed by atoms with van der Waals surface area (Å²) < 4.78 is 39.6. The van der Waals surface area contributed by atoms with Gasteiger partial charge in [-0.2, -0.15) is 18.4 Å². The van der Waals surface area contributed by atoms with Crippen LogP contribution in [0, 0.1) is 11.3 Å². The molecule has 1 aromatic heterocycles. The molecule has 120 valence electrons. The van der Waals surface area contributed by atoms with Gasteiger partial charge in [0.25, 0.3) is 5.56 Å². The number of nitrogens with zero attached hydrogens (tertiary/aromatic N) is 2. The lowest BCUT2D eigenvalue weighted by Crippen LogP contribution is -2.20. The molecule has 0 unspecified atom stereocenters. The zero-order chi connectivity index (χ0) is 17.3. The molecule has 2 aromatic carbocycles. The smallest absolute Gasteiger partial charge is 0.311 e. The largest absolute Gasteiger partial charge is 0.416 e. The molecule has 1 heterocycles. The lowest BCUT2D eigenvalue weighted by atomic mass is 10.1. The number of aromatic nitrogens is 1. The molecule has 3 aromatic rings. The molecule has 0 bridgehead atoms. The first-order chi connectivity index (χ1) is 11.4. The van der Waals surface area contributed by atoms with Gasteiger partial charge < -0.3 is 4.57 Å². The molecule has 0 saturated carbocycles. The molecule has 0 N–H and O–H groups in total. The van der Waals surface area contributed by atoms with Crippen molar-refractivity contribution >= 4 is 10.8 Å². The van der Waals surface area contributed by atoms with E-state index in [0.29, 0.717) is 11.1 Å². The SMILES string of the molecule is N#Cc1ccccc1Cn1ccc2cc(C(F)(F)F)ccc2c1=O. The second-order valence-corrected chi connectivity index (χ2v) is 5.32. The minimum Gasteiger partial charge on any atom is -0.311 e. The number of halogens is 3. The number of pyridine rings is 1. The highest BCUT2D eigenvalue weighted by Crippen LogP contribution is 2.30. The molecule has 3 nitrogen and oxygen atoms in total. The Morgan fingerprint density at radius 2 is 1.83 bits per heavy atom. The summed E-state index contributed by atoms with van der Waals surface area (Å²) in [7, 11) is 0. The molecule has 0 aliphatic heterocycles. The number of fused-ring (bicyclic) bond motifs is 1. The fourth-order valence-electron chi connectivity index (χ4n) is 2.54. The van der Waals surface area contributed by atoms with Gasteiger partial charge in [-0.25, -0.2) is 0 Å². The van der Waals surface area contributed by atoms with E-state index in [2.05, 4.69) is 6.07 Å². The minimum atomic E-state index is -4.45. The summed E-state index contributed by atoms with van der Waals surface area (Å²) in [5.74, 6) is 0. The van der Waals surface area contributed by atoms with E-state index < -0.39 is 17.3 Å². The van der Waals surface area contributed by atoms with Crippen LogP contribution in [0.3, 0.4) is 0 Å². The highest BCUT2D eigenvalue weighted by molar-refractivity contribution is 5.82. The Bertz CT molecular complexity index is 1010. The molecule has 0 radical (unpaired) electrons. The molecule has 0 atom stereocenters. The van der Waals surface area contributed by atoms with Gasteiger partial charge >= 0.3 is 6.18 Å². The van der Waals surface area contributed by atoms with E-state index in [1.165, 1.54) is 22.9 Å². The third-order valence-electron chi connectivity index (χ3n) is 3.78. The monoisotopic (exact) mass is 328 g/mol.